The molecule has 0 atom stereocenters. The first-order valence-corrected chi connectivity index (χ1v) is 9.00. The van der Waals surface area contributed by atoms with E-state index in [1.165, 1.54) is 12.8 Å². The summed E-state index contributed by atoms with van der Waals surface area (Å²) >= 11 is 1.92. The minimum Gasteiger partial charge on any atom is -0.384 e. The Morgan fingerprint density at radius 3 is 2.74 bits per heavy atom. The van der Waals surface area contributed by atoms with Crippen LogP contribution in [0, 0.1) is 0 Å². The van der Waals surface area contributed by atoms with E-state index in [9.17, 15) is 4.79 Å². The Balaban J connectivity index is 1.57. The van der Waals surface area contributed by atoms with E-state index in [0.717, 1.165) is 17.8 Å². The highest BCUT2D eigenvalue weighted by Crippen LogP contribution is 2.46. The normalized spacial score (nSPS) is 15.0. The van der Waals surface area contributed by atoms with Crippen LogP contribution in [0.5, 0.6) is 0 Å². The minimum absolute atomic E-state index is 0.150. The van der Waals surface area contributed by atoms with Gasteiger partial charge in [0.1, 0.15) is 5.69 Å². The van der Waals surface area contributed by atoms with Crippen molar-refractivity contribution in [1.29, 1.82) is 0 Å². The van der Waals surface area contributed by atoms with E-state index >= 15 is 0 Å². The van der Waals surface area contributed by atoms with Crippen LogP contribution in [0.4, 0.5) is 5.69 Å². The second-order valence-corrected chi connectivity index (χ2v) is 7.11. The SMILES string of the molecule is CSC1(CNc2ccnc(C(=O)NCc3ccccc3)c2)CC1. The van der Waals surface area contributed by atoms with Crippen LogP contribution in [0.2, 0.25) is 0 Å². The van der Waals surface area contributed by atoms with Crippen LogP contribution >= 0.6 is 11.8 Å². The van der Waals surface area contributed by atoms with Crippen LogP contribution in [-0.2, 0) is 6.54 Å². The number of aromatic nitrogens is 1. The van der Waals surface area contributed by atoms with E-state index < -0.39 is 0 Å². The molecule has 3 rings (SSSR count). The quantitative estimate of drug-likeness (QED) is 0.819. The van der Waals surface area contributed by atoms with Gasteiger partial charge in [0.25, 0.3) is 5.91 Å². The van der Waals surface area contributed by atoms with Crippen molar-refractivity contribution in [2.75, 3.05) is 18.1 Å². The fraction of sp³-hybridized carbons (Fsp3) is 0.333. The van der Waals surface area contributed by atoms with Gasteiger partial charge in [0.15, 0.2) is 0 Å². The number of nitrogens with zero attached hydrogens (tertiary/aromatic N) is 1. The number of carbonyl (C=O) groups excluding carboxylic acids is 1. The van der Waals surface area contributed by atoms with Crippen molar-refractivity contribution in [3.63, 3.8) is 0 Å². The molecule has 1 aliphatic carbocycles. The molecule has 0 aliphatic heterocycles. The molecule has 1 heterocycles. The summed E-state index contributed by atoms with van der Waals surface area (Å²) in [6.45, 7) is 1.44. The maximum absolute atomic E-state index is 12.2. The Morgan fingerprint density at radius 2 is 2.04 bits per heavy atom. The highest BCUT2D eigenvalue weighted by molar-refractivity contribution is 8.00. The molecule has 5 heteroatoms. The summed E-state index contributed by atoms with van der Waals surface area (Å²) in [5, 5.41) is 6.33. The van der Waals surface area contributed by atoms with Crippen LogP contribution in [0.15, 0.2) is 48.7 Å². The molecule has 2 aromatic rings. The van der Waals surface area contributed by atoms with Crippen LogP contribution in [0.3, 0.4) is 0 Å². The zero-order chi connectivity index (χ0) is 16.1. The molecule has 0 bridgehead atoms. The van der Waals surface area contributed by atoms with Crippen molar-refractivity contribution >= 4 is 23.4 Å². The van der Waals surface area contributed by atoms with Gasteiger partial charge in [0.2, 0.25) is 0 Å². The number of thioether (sulfide) groups is 1. The number of amides is 1. The minimum atomic E-state index is -0.150. The number of hydrogen-bond acceptors (Lipinski definition) is 4. The lowest BCUT2D eigenvalue weighted by Crippen LogP contribution is -2.24. The largest absolute Gasteiger partial charge is 0.384 e. The molecular weight excluding hydrogens is 306 g/mol. The molecule has 0 radical (unpaired) electrons. The van der Waals surface area contributed by atoms with Crippen molar-refractivity contribution in [2.45, 2.75) is 24.1 Å². The summed E-state index contributed by atoms with van der Waals surface area (Å²) in [5.74, 6) is -0.150. The third kappa shape index (κ3) is 4.26. The zero-order valence-corrected chi connectivity index (χ0v) is 14.0. The van der Waals surface area contributed by atoms with Gasteiger partial charge in [-0.2, -0.15) is 11.8 Å². The van der Waals surface area contributed by atoms with Gasteiger partial charge in [-0.3, -0.25) is 9.78 Å². The molecule has 1 amide bonds. The maximum atomic E-state index is 12.2. The molecule has 1 aromatic carbocycles. The Morgan fingerprint density at radius 1 is 1.26 bits per heavy atom. The number of nitrogens with one attached hydrogen (secondary N) is 2. The van der Waals surface area contributed by atoms with Gasteiger partial charge in [-0.05, 0) is 36.8 Å². The molecular formula is C18H21N3OS. The number of rotatable bonds is 7. The van der Waals surface area contributed by atoms with Crippen LogP contribution in [0.1, 0.15) is 28.9 Å². The van der Waals surface area contributed by atoms with E-state index in [4.69, 9.17) is 0 Å². The van der Waals surface area contributed by atoms with Gasteiger partial charge >= 0.3 is 0 Å². The molecule has 0 spiro atoms. The van der Waals surface area contributed by atoms with Crippen molar-refractivity contribution in [1.82, 2.24) is 10.3 Å². The highest BCUT2D eigenvalue weighted by Gasteiger charge is 2.41. The van der Waals surface area contributed by atoms with Gasteiger partial charge in [-0.1, -0.05) is 30.3 Å². The number of benzene rings is 1. The number of carbonyl (C=O) groups is 1. The lowest BCUT2D eigenvalue weighted by Gasteiger charge is -2.14. The summed E-state index contributed by atoms with van der Waals surface area (Å²) in [6.07, 6.45) is 6.36. The zero-order valence-electron chi connectivity index (χ0n) is 13.2. The topological polar surface area (TPSA) is 54.0 Å². The molecule has 1 aromatic heterocycles. The molecule has 120 valence electrons. The number of anilines is 1. The second kappa shape index (κ2) is 7.04. The molecule has 0 saturated heterocycles. The average molecular weight is 327 g/mol. The van der Waals surface area contributed by atoms with E-state index in [0.29, 0.717) is 17.0 Å². The van der Waals surface area contributed by atoms with Crippen LogP contribution in [0.25, 0.3) is 0 Å². The summed E-state index contributed by atoms with van der Waals surface area (Å²) in [7, 11) is 0. The van der Waals surface area contributed by atoms with Gasteiger partial charge in [-0.15, -0.1) is 0 Å². The van der Waals surface area contributed by atoms with Crippen molar-refractivity contribution in [3.8, 4) is 0 Å². The second-order valence-electron chi connectivity index (χ2n) is 5.84. The predicted octanol–water partition coefficient (Wildman–Crippen LogP) is 3.32. The third-order valence-corrected chi connectivity index (χ3v) is 5.56. The Labute approximate surface area is 141 Å². The van der Waals surface area contributed by atoms with Gasteiger partial charge in [-0.25, -0.2) is 0 Å². The van der Waals surface area contributed by atoms with E-state index in [-0.39, 0.29) is 5.91 Å². The third-order valence-electron chi connectivity index (χ3n) is 4.14. The molecule has 4 nitrogen and oxygen atoms in total. The predicted molar refractivity (Wildman–Crippen MR) is 95.8 cm³/mol. The van der Waals surface area contributed by atoms with Crippen molar-refractivity contribution in [2.24, 2.45) is 0 Å². The van der Waals surface area contributed by atoms with Gasteiger partial charge in [0.05, 0.1) is 0 Å². The first kappa shape index (κ1) is 15.9. The fourth-order valence-corrected chi connectivity index (χ4v) is 3.12. The van der Waals surface area contributed by atoms with Crippen molar-refractivity contribution in [3.05, 3.63) is 59.9 Å². The summed E-state index contributed by atoms with van der Waals surface area (Å²) in [5.41, 5.74) is 2.47. The van der Waals surface area contributed by atoms with Crippen molar-refractivity contribution < 1.29 is 4.79 Å². The first-order chi connectivity index (χ1) is 11.2. The number of hydrogen-bond donors (Lipinski definition) is 2. The van der Waals surface area contributed by atoms with E-state index in [2.05, 4.69) is 21.9 Å². The summed E-state index contributed by atoms with van der Waals surface area (Å²) in [6, 6.07) is 13.6. The van der Waals surface area contributed by atoms with E-state index in [1.54, 1.807) is 6.20 Å². The Bertz CT molecular complexity index is 671. The Kier molecular flexibility index (Phi) is 4.86. The van der Waals surface area contributed by atoms with E-state index in [1.807, 2.05) is 54.2 Å². The lowest BCUT2D eigenvalue weighted by atomic mass is 10.2. The maximum Gasteiger partial charge on any atom is 0.270 e. The standard InChI is InChI=1S/C18H21N3OS/c1-23-18(8-9-18)13-21-15-7-10-19-16(11-15)17(22)20-12-14-5-3-2-4-6-14/h2-7,10-11H,8-9,12-13H2,1H3,(H,19,21)(H,20,22). The fourth-order valence-electron chi connectivity index (χ4n) is 2.39. The first-order valence-electron chi connectivity index (χ1n) is 7.78. The van der Waals surface area contributed by atoms with Gasteiger partial charge in [0, 0.05) is 29.7 Å². The summed E-state index contributed by atoms with van der Waals surface area (Å²) < 4.78 is 0.388. The molecule has 23 heavy (non-hydrogen) atoms. The molecule has 1 fully saturated rings. The Hall–Kier alpha value is -2.01. The molecule has 2 N–H and O–H groups in total. The van der Waals surface area contributed by atoms with Gasteiger partial charge < -0.3 is 10.6 Å². The average Bonchev–Trinajstić information content (AvgIpc) is 3.40. The molecule has 0 unspecified atom stereocenters. The van der Waals surface area contributed by atoms with Crippen LogP contribution < -0.4 is 10.6 Å². The van der Waals surface area contributed by atoms with Crippen LogP contribution in [-0.4, -0.2) is 28.4 Å². The molecule has 1 aliphatic rings. The lowest BCUT2D eigenvalue weighted by molar-refractivity contribution is 0.0946. The smallest absolute Gasteiger partial charge is 0.270 e. The summed E-state index contributed by atoms with van der Waals surface area (Å²) in [4.78, 5) is 16.4. The number of pyridine rings is 1. The highest BCUT2D eigenvalue weighted by atomic mass is 32.2. The molecule has 1 saturated carbocycles. The monoisotopic (exact) mass is 327 g/mol.